The van der Waals surface area contributed by atoms with E-state index < -0.39 is 0 Å². The molecule has 2 heterocycles. The van der Waals surface area contributed by atoms with Gasteiger partial charge in [-0.2, -0.15) is 0 Å². The first-order valence-corrected chi connectivity index (χ1v) is 9.40. The van der Waals surface area contributed by atoms with Crippen LogP contribution in [0.4, 0.5) is 0 Å². The molecule has 6 nitrogen and oxygen atoms in total. The second-order valence-corrected chi connectivity index (χ2v) is 6.85. The number of aryl methyl sites for hydroxylation is 1. The van der Waals surface area contributed by atoms with Crippen molar-refractivity contribution in [3.05, 3.63) is 65.5 Å². The third kappa shape index (κ3) is 5.37. The smallest absolute Gasteiger partial charge is 0.272 e. The van der Waals surface area contributed by atoms with Crippen LogP contribution in [0.25, 0.3) is 0 Å². The van der Waals surface area contributed by atoms with Gasteiger partial charge >= 0.3 is 0 Å². The Morgan fingerprint density at radius 3 is 2.41 bits per heavy atom. The number of aromatic nitrogens is 1. The Balaban J connectivity index is 1.51. The molecule has 1 aliphatic heterocycles. The van der Waals surface area contributed by atoms with E-state index in [-0.39, 0.29) is 17.5 Å². The maximum atomic E-state index is 12.6. The molecule has 1 fully saturated rings. The lowest BCUT2D eigenvalue weighted by Gasteiger charge is -2.32. The zero-order valence-electron chi connectivity index (χ0n) is 15.7. The highest BCUT2D eigenvalue weighted by molar-refractivity contribution is 5.96. The van der Waals surface area contributed by atoms with Gasteiger partial charge in [-0.1, -0.05) is 36.4 Å². The van der Waals surface area contributed by atoms with Crippen LogP contribution in [-0.4, -0.2) is 66.4 Å². The van der Waals surface area contributed by atoms with E-state index in [1.165, 1.54) is 5.56 Å². The predicted molar refractivity (Wildman–Crippen MR) is 105 cm³/mol. The van der Waals surface area contributed by atoms with Crippen molar-refractivity contribution in [1.29, 1.82) is 0 Å². The summed E-state index contributed by atoms with van der Waals surface area (Å²) in [5.74, 6) is -0.349. The highest BCUT2D eigenvalue weighted by Gasteiger charge is 2.22. The fourth-order valence-electron chi connectivity index (χ4n) is 3.08. The minimum absolute atomic E-state index is 0.109. The van der Waals surface area contributed by atoms with Crippen molar-refractivity contribution in [2.24, 2.45) is 0 Å². The second-order valence-electron chi connectivity index (χ2n) is 6.85. The van der Waals surface area contributed by atoms with Crippen molar-refractivity contribution in [3.63, 3.8) is 0 Å². The van der Waals surface area contributed by atoms with Crippen molar-refractivity contribution in [2.75, 3.05) is 39.8 Å². The van der Waals surface area contributed by atoms with Crippen molar-refractivity contribution in [2.45, 2.75) is 12.8 Å². The molecule has 2 aromatic rings. The van der Waals surface area contributed by atoms with Crippen molar-refractivity contribution >= 4 is 11.8 Å². The number of nitrogens with one attached hydrogen (secondary N) is 1. The van der Waals surface area contributed by atoms with Crippen LogP contribution >= 0.6 is 0 Å². The molecule has 0 atom stereocenters. The Morgan fingerprint density at radius 1 is 0.963 bits per heavy atom. The lowest BCUT2D eigenvalue weighted by atomic mass is 10.1. The Labute approximate surface area is 160 Å². The number of rotatable bonds is 6. The highest BCUT2D eigenvalue weighted by Crippen LogP contribution is 2.08. The molecular weight excluding hydrogens is 340 g/mol. The van der Waals surface area contributed by atoms with Gasteiger partial charge in [0.15, 0.2) is 0 Å². The molecule has 0 spiro atoms. The summed E-state index contributed by atoms with van der Waals surface area (Å²) in [6.45, 7) is 3.66. The summed E-state index contributed by atoms with van der Waals surface area (Å²) in [7, 11) is 2.04. The number of carbonyl (C=O) groups is 2. The SMILES string of the molecule is CN1CCN(C(=O)c2cccc(C(=O)NCCCc3ccccc3)n2)CC1. The minimum Gasteiger partial charge on any atom is -0.351 e. The molecule has 3 rings (SSSR count). The van der Waals surface area contributed by atoms with Gasteiger partial charge in [0.2, 0.25) is 0 Å². The van der Waals surface area contributed by atoms with Gasteiger partial charge in [-0.3, -0.25) is 9.59 Å². The summed E-state index contributed by atoms with van der Waals surface area (Å²) in [6.07, 6.45) is 1.77. The van der Waals surface area contributed by atoms with E-state index in [0.29, 0.717) is 25.3 Å². The second kappa shape index (κ2) is 9.28. The summed E-state index contributed by atoms with van der Waals surface area (Å²) < 4.78 is 0. The zero-order valence-corrected chi connectivity index (χ0v) is 15.7. The van der Waals surface area contributed by atoms with Crippen LogP contribution in [0.3, 0.4) is 0 Å². The zero-order chi connectivity index (χ0) is 19.1. The van der Waals surface area contributed by atoms with Gasteiger partial charge in [-0.25, -0.2) is 4.98 Å². The molecule has 1 N–H and O–H groups in total. The number of hydrogen-bond acceptors (Lipinski definition) is 4. The number of carbonyl (C=O) groups excluding carboxylic acids is 2. The number of nitrogens with zero attached hydrogens (tertiary/aromatic N) is 3. The summed E-state index contributed by atoms with van der Waals surface area (Å²) in [5, 5.41) is 2.89. The monoisotopic (exact) mass is 366 g/mol. The first-order valence-electron chi connectivity index (χ1n) is 9.40. The third-order valence-corrected chi connectivity index (χ3v) is 4.76. The molecule has 1 saturated heterocycles. The molecule has 0 unspecified atom stereocenters. The number of piperazine rings is 1. The van der Waals surface area contributed by atoms with Gasteiger partial charge in [0.25, 0.3) is 11.8 Å². The number of hydrogen-bond donors (Lipinski definition) is 1. The molecule has 0 bridgehead atoms. The standard InChI is InChI=1S/C21H26N4O2/c1-24-13-15-25(16-14-24)21(27)19-11-5-10-18(23-19)20(26)22-12-6-9-17-7-3-2-4-8-17/h2-5,7-8,10-11H,6,9,12-16H2,1H3,(H,22,26). The summed E-state index contributed by atoms with van der Waals surface area (Å²) in [5.41, 5.74) is 1.87. The largest absolute Gasteiger partial charge is 0.351 e. The topological polar surface area (TPSA) is 65.5 Å². The van der Waals surface area contributed by atoms with E-state index in [4.69, 9.17) is 0 Å². The molecule has 27 heavy (non-hydrogen) atoms. The van der Waals surface area contributed by atoms with Gasteiger partial charge in [-0.15, -0.1) is 0 Å². The van der Waals surface area contributed by atoms with Crippen LogP contribution in [-0.2, 0) is 6.42 Å². The molecule has 6 heteroatoms. The average molecular weight is 366 g/mol. The number of pyridine rings is 1. The number of benzene rings is 1. The maximum absolute atomic E-state index is 12.6. The van der Waals surface area contributed by atoms with Crippen LogP contribution in [0.2, 0.25) is 0 Å². The van der Waals surface area contributed by atoms with E-state index in [1.807, 2.05) is 25.2 Å². The van der Waals surface area contributed by atoms with Gasteiger partial charge in [0.1, 0.15) is 11.4 Å². The van der Waals surface area contributed by atoms with E-state index in [9.17, 15) is 9.59 Å². The van der Waals surface area contributed by atoms with Crippen molar-refractivity contribution in [3.8, 4) is 0 Å². The van der Waals surface area contributed by atoms with Gasteiger partial charge in [0, 0.05) is 32.7 Å². The van der Waals surface area contributed by atoms with Gasteiger partial charge < -0.3 is 15.1 Å². The van der Waals surface area contributed by atoms with Crippen molar-refractivity contribution < 1.29 is 9.59 Å². The van der Waals surface area contributed by atoms with E-state index >= 15 is 0 Å². The molecule has 1 aliphatic rings. The molecule has 0 radical (unpaired) electrons. The lowest BCUT2D eigenvalue weighted by molar-refractivity contribution is 0.0658. The predicted octanol–water partition coefficient (Wildman–Crippen LogP) is 1.83. The van der Waals surface area contributed by atoms with Crippen LogP contribution < -0.4 is 5.32 Å². The summed E-state index contributed by atoms with van der Waals surface area (Å²) >= 11 is 0. The van der Waals surface area contributed by atoms with Crippen LogP contribution in [0.5, 0.6) is 0 Å². The fourth-order valence-corrected chi connectivity index (χ4v) is 3.08. The Kier molecular flexibility index (Phi) is 6.54. The Morgan fingerprint density at radius 2 is 1.67 bits per heavy atom. The summed E-state index contributed by atoms with van der Waals surface area (Å²) in [4.78, 5) is 33.2. The first-order chi connectivity index (χ1) is 13.1. The molecular formula is C21H26N4O2. The normalized spacial score (nSPS) is 14.8. The van der Waals surface area contributed by atoms with Crippen LogP contribution in [0.15, 0.2) is 48.5 Å². The third-order valence-electron chi connectivity index (χ3n) is 4.76. The molecule has 2 amide bonds. The lowest BCUT2D eigenvalue weighted by Crippen LogP contribution is -2.47. The fraction of sp³-hybridized carbons (Fsp3) is 0.381. The van der Waals surface area contributed by atoms with Crippen molar-refractivity contribution in [1.82, 2.24) is 20.1 Å². The summed E-state index contributed by atoms with van der Waals surface area (Å²) in [6, 6.07) is 15.2. The molecule has 1 aromatic carbocycles. The molecule has 0 aliphatic carbocycles. The van der Waals surface area contributed by atoms with Gasteiger partial charge in [0.05, 0.1) is 0 Å². The van der Waals surface area contributed by atoms with Gasteiger partial charge in [-0.05, 0) is 37.6 Å². The molecule has 1 aromatic heterocycles. The highest BCUT2D eigenvalue weighted by atomic mass is 16.2. The van der Waals surface area contributed by atoms with E-state index in [1.54, 1.807) is 23.1 Å². The van der Waals surface area contributed by atoms with E-state index in [0.717, 1.165) is 25.9 Å². The minimum atomic E-state index is -0.240. The maximum Gasteiger partial charge on any atom is 0.272 e. The molecule has 0 saturated carbocycles. The van der Waals surface area contributed by atoms with E-state index in [2.05, 4.69) is 27.3 Å². The average Bonchev–Trinajstić information content (AvgIpc) is 2.72. The Hall–Kier alpha value is -2.73. The first kappa shape index (κ1) is 19.0. The number of amides is 2. The quantitative estimate of drug-likeness (QED) is 0.792. The van der Waals surface area contributed by atoms with Crippen LogP contribution in [0, 0.1) is 0 Å². The Bertz CT molecular complexity index is 771. The molecule has 142 valence electrons. The van der Waals surface area contributed by atoms with Crippen LogP contribution in [0.1, 0.15) is 33.0 Å². The number of likely N-dealkylation sites (N-methyl/N-ethyl adjacent to an activating group) is 1.